The van der Waals surface area contributed by atoms with Crippen molar-refractivity contribution in [2.45, 2.75) is 12.6 Å². The van der Waals surface area contributed by atoms with Gasteiger partial charge in [0.25, 0.3) is 0 Å². The second-order valence-corrected chi connectivity index (χ2v) is 4.17. The molecule has 1 aliphatic rings. The highest BCUT2D eigenvalue weighted by Gasteiger charge is 2.25. The van der Waals surface area contributed by atoms with Crippen LogP contribution in [0.1, 0.15) is 5.56 Å². The van der Waals surface area contributed by atoms with Crippen molar-refractivity contribution in [2.75, 3.05) is 26.9 Å². The van der Waals surface area contributed by atoms with Crippen molar-refractivity contribution in [2.24, 2.45) is 0 Å². The first-order valence-corrected chi connectivity index (χ1v) is 5.72. The highest BCUT2D eigenvalue weighted by Crippen LogP contribution is 2.07. The van der Waals surface area contributed by atoms with Gasteiger partial charge in [0.15, 0.2) is 0 Å². The second-order valence-electron chi connectivity index (χ2n) is 4.17. The second kappa shape index (κ2) is 5.80. The van der Waals surface area contributed by atoms with Gasteiger partial charge in [-0.05, 0) is 5.56 Å². The van der Waals surface area contributed by atoms with Gasteiger partial charge in [-0.25, -0.2) is 0 Å². The Morgan fingerprint density at radius 2 is 2.18 bits per heavy atom. The van der Waals surface area contributed by atoms with E-state index in [1.165, 1.54) is 0 Å². The molecule has 1 fully saturated rings. The highest BCUT2D eigenvalue weighted by atomic mass is 16.5. The van der Waals surface area contributed by atoms with E-state index >= 15 is 0 Å². The van der Waals surface area contributed by atoms with Crippen molar-refractivity contribution < 1.29 is 14.3 Å². The Balaban J connectivity index is 1.76. The number of rotatable bonds is 4. The molecule has 0 N–H and O–H groups in total. The van der Waals surface area contributed by atoms with E-state index in [0.717, 1.165) is 5.56 Å². The SMILES string of the molecule is CN1C(=O)COC[C@@H]1COCc1ccccc1. The van der Waals surface area contributed by atoms with E-state index in [-0.39, 0.29) is 18.6 Å². The van der Waals surface area contributed by atoms with Crippen LogP contribution < -0.4 is 0 Å². The number of ether oxygens (including phenoxy) is 2. The Kier molecular flexibility index (Phi) is 4.12. The normalized spacial score (nSPS) is 20.6. The third-order valence-corrected chi connectivity index (χ3v) is 2.90. The fourth-order valence-corrected chi connectivity index (χ4v) is 1.75. The maximum Gasteiger partial charge on any atom is 0.248 e. The Labute approximate surface area is 101 Å². The van der Waals surface area contributed by atoms with Gasteiger partial charge in [0, 0.05) is 7.05 Å². The third-order valence-electron chi connectivity index (χ3n) is 2.90. The first-order valence-electron chi connectivity index (χ1n) is 5.72. The van der Waals surface area contributed by atoms with Crippen molar-refractivity contribution in [3.63, 3.8) is 0 Å². The summed E-state index contributed by atoms with van der Waals surface area (Å²) >= 11 is 0. The van der Waals surface area contributed by atoms with Crippen molar-refractivity contribution in [3.8, 4) is 0 Å². The van der Waals surface area contributed by atoms with Crippen LogP contribution in [0.2, 0.25) is 0 Å². The van der Waals surface area contributed by atoms with Crippen molar-refractivity contribution in [1.82, 2.24) is 4.90 Å². The molecule has 0 aliphatic carbocycles. The molecule has 4 nitrogen and oxygen atoms in total. The first kappa shape index (κ1) is 12.1. The Hall–Kier alpha value is -1.39. The summed E-state index contributed by atoms with van der Waals surface area (Å²) in [5, 5.41) is 0. The predicted molar refractivity (Wildman–Crippen MR) is 63.5 cm³/mol. The molecule has 1 aromatic carbocycles. The molecule has 1 heterocycles. The van der Waals surface area contributed by atoms with Crippen LogP contribution in [0, 0.1) is 0 Å². The van der Waals surface area contributed by atoms with Crippen LogP contribution in [0.15, 0.2) is 30.3 Å². The average molecular weight is 235 g/mol. The number of amides is 1. The molecule has 0 spiro atoms. The van der Waals surface area contributed by atoms with E-state index in [1.54, 1.807) is 11.9 Å². The molecule has 1 amide bonds. The Morgan fingerprint density at radius 1 is 1.41 bits per heavy atom. The maximum absolute atomic E-state index is 11.4. The first-order chi connectivity index (χ1) is 8.27. The van der Waals surface area contributed by atoms with Crippen molar-refractivity contribution in [3.05, 3.63) is 35.9 Å². The lowest BCUT2D eigenvalue weighted by atomic mass is 10.2. The van der Waals surface area contributed by atoms with Crippen LogP contribution in [0.5, 0.6) is 0 Å². The summed E-state index contributed by atoms with van der Waals surface area (Å²) in [6, 6.07) is 10.0. The number of hydrogen-bond donors (Lipinski definition) is 0. The van der Waals surface area contributed by atoms with Crippen LogP contribution >= 0.6 is 0 Å². The number of benzene rings is 1. The van der Waals surface area contributed by atoms with Gasteiger partial charge >= 0.3 is 0 Å². The molecule has 17 heavy (non-hydrogen) atoms. The topological polar surface area (TPSA) is 38.8 Å². The third kappa shape index (κ3) is 3.28. The average Bonchev–Trinajstić information content (AvgIpc) is 2.36. The van der Waals surface area contributed by atoms with Crippen LogP contribution in [0.3, 0.4) is 0 Å². The minimum absolute atomic E-state index is 0.0181. The lowest BCUT2D eigenvalue weighted by molar-refractivity contribution is -0.148. The maximum atomic E-state index is 11.4. The molecule has 0 unspecified atom stereocenters. The molecule has 2 rings (SSSR count). The van der Waals surface area contributed by atoms with Crippen molar-refractivity contribution in [1.29, 1.82) is 0 Å². The van der Waals surface area contributed by atoms with E-state index in [2.05, 4.69) is 0 Å². The zero-order valence-corrected chi connectivity index (χ0v) is 9.96. The van der Waals surface area contributed by atoms with Gasteiger partial charge in [0.1, 0.15) is 6.61 Å². The Morgan fingerprint density at radius 3 is 2.94 bits per heavy atom. The van der Waals surface area contributed by atoms with Crippen LogP contribution in [-0.2, 0) is 20.9 Å². The van der Waals surface area contributed by atoms with Gasteiger partial charge < -0.3 is 14.4 Å². The smallest absolute Gasteiger partial charge is 0.248 e. The number of nitrogens with zero attached hydrogens (tertiary/aromatic N) is 1. The van der Waals surface area contributed by atoms with E-state index in [4.69, 9.17) is 9.47 Å². The van der Waals surface area contributed by atoms with Crippen LogP contribution in [-0.4, -0.2) is 43.7 Å². The molecular weight excluding hydrogens is 218 g/mol. The van der Waals surface area contributed by atoms with Gasteiger partial charge in [0.2, 0.25) is 5.91 Å². The monoisotopic (exact) mass is 235 g/mol. The van der Waals surface area contributed by atoms with Crippen molar-refractivity contribution >= 4 is 5.91 Å². The molecule has 92 valence electrons. The van der Waals surface area contributed by atoms with Gasteiger partial charge in [-0.2, -0.15) is 0 Å². The molecular formula is C13H17NO3. The zero-order valence-electron chi connectivity index (χ0n) is 9.96. The molecule has 0 aromatic heterocycles. The minimum atomic E-state index is 0.0181. The molecule has 0 saturated carbocycles. The summed E-state index contributed by atoms with van der Waals surface area (Å²) in [6.45, 7) is 1.82. The molecule has 1 aliphatic heterocycles. The van der Waals surface area contributed by atoms with E-state index in [1.807, 2.05) is 30.3 Å². The summed E-state index contributed by atoms with van der Waals surface area (Å²) in [5.74, 6) is 0.0181. The lowest BCUT2D eigenvalue weighted by Crippen LogP contribution is -2.49. The fraction of sp³-hybridized carbons (Fsp3) is 0.462. The Bertz CT molecular complexity index is 366. The molecule has 0 radical (unpaired) electrons. The number of carbonyl (C=O) groups is 1. The quantitative estimate of drug-likeness (QED) is 0.783. The van der Waals surface area contributed by atoms with Gasteiger partial charge in [-0.1, -0.05) is 30.3 Å². The zero-order chi connectivity index (χ0) is 12.1. The molecule has 1 aromatic rings. The summed E-state index contributed by atoms with van der Waals surface area (Å²) in [7, 11) is 1.79. The van der Waals surface area contributed by atoms with E-state index in [9.17, 15) is 4.79 Å². The predicted octanol–water partition coefficient (Wildman–Crippen LogP) is 1.06. The van der Waals surface area contributed by atoms with Gasteiger partial charge in [-0.15, -0.1) is 0 Å². The summed E-state index contributed by atoms with van der Waals surface area (Å²) in [5.41, 5.74) is 1.14. The molecule has 0 bridgehead atoms. The highest BCUT2D eigenvalue weighted by molar-refractivity contribution is 5.78. The number of likely N-dealkylation sites (N-methyl/N-ethyl adjacent to an activating group) is 1. The lowest BCUT2D eigenvalue weighted by Gasteiger charge is -2.32. The van der Waals surface area contributed by atoms with E-state index in [0.29, 0.717) is 19.8 Å². The summed E-state index contributed by atoms with van der Waals surface area (Å²) in [4.78, 5) is 13.1. The fourth-order valence-electron chi connectivity index (χ4n) is 1.75. The number of hydrogen-bond acceptors (Lipinski definition) is 3. The van der Waals surface area contributed by atoms with Gasteiger partial charge in [-0.3, -0.25) is 4.79 Å². The van der Waals surface area contributed by atoms with Crippen LogP contribution in [0.25, 0.3) is 0 Å². The molecule has 1 atom stereocenters. The summed E-state index contributed by atoms with van der Waals surface area (Å²) in [6.07, 6.45) is 0. The van der Waals surface area contributed by atoms with E-state index < -0.39 is 0 Å². The molecule has 4 heteroatoms. The van der Waals surface area contributed by atoms with Gasteiger partial charge in [0.05, 0.1) is 25.9 Å². The standard InChI is InChI=1S/C13H17NO3/c1-14-12(9-17-10-13(14)15)8-16-7-11-5-3-2-4-6-11/h2-6,12H,7-10H2,1H3/t12-/m0/s1. The minimum Gasteiger partial charge on any atom is -0.375 e. The number of morpholine rings is 1. The largest absolute Gasteiger partial charge is 0.375 e. The number of carbonyl (C=O) groups excluding carboxylic acids is 1. The summed E-state index contributed by atoms with van der Waals surface area (Å²) < 4.78 is 10.8. The van der Waals surface area contributed by atoms with Crippen LogP contribution in [0.4, 0.5) is 0 Å². The molecule has 1 saturated heterocycles.